The minimum absolute atomic E-state index is 0.0195. The summed E-state index contributed by atoms with van der Waals surface area (Å²) in [4.78, 5) is 37.2. The summed E-state index contributed by atoms with van der Waals surface area (Å²) in [6.45, 7) is 6.46. The van der Waals surface area contributed by atoms with Gasteiger partial charge in [-0.05, 0) is 25.0 Å². The molecule has 1 fully saturated rings. The van der Waals surface area contributed by atoms with E-state index in [0.717, 1.165) is 18.2 Å². The Bertz CT molecular complexity index is 1030. The summed E-state index contributed by atoms with van der Waals surface area (Å²) in [5.41, 5.74) is 1.21. The molecule has 0 saturated carbocycles. The highest BCUT2D eigenvalue weighted by Gasteiger charge is 2.36. The molecule has 4 rings (SSSR count). The van der Waals surface area contributed by atoms with E-state index in [2.05, 4.69) is 20.6 Å². The summed E-state index contributed by atoms with van der Waals surface area (Å²) in [5.74, 6) is -0.949. The molecule has 0 aliphatic carbocycles. The summed E-state index contributed by atoms with van der Waals surface area (Å²) < 4.78 is 26.8. The molecule has 10 heteroatoms. The van der Waals surface area contributed by atoms with Crippen molar-refractivity contribution in [1.29, 1.82) is 0 Å². The molecule has 0 bridgehead atoms. The molecule has 1 atom stereocenters. The number of benzene rings is 1. The fourth-order valence-electron chi connectivity index (χ4n) is 4.06. The van der Waals surface area contributed by atoms with E-state index in [0.29, 0.717) is 36.2 Å². The normalized spacial score (nSPS) is 18.5. The Morgan fingerprint density at radius 3 is 2.45 bits per heavy atom. The number of anilines is 3. The molecule has 2 aliphatic heterocycles. The Hall–Kier alpha value is -3.30. The molecule has 1 saturated heterocycles. The maximum Gasteiger partial charge on any atom is 0.254 e. The van der Waals surface area contributed by atoms with E-state index in [1.54, 1.807) is 6.92 Å². The molecule has 2 aliphatic rings. The monoisotopic (exact) mass is 430 g/mol. The fraction of sp³-hybridized carbons (Fsp3) is 0.429. The molecule has 0 radical (unpaired) electrons. The van der Waals surface area contributed by atoms with Gasteiger partial charge in [0, 0.05) is 31.8 Å². The maximum absolute atomic E-state index is 13.4. The van der Waals surface area contributed by atoms with Crippen LogP contribution in [0.3, 0.4) is 0 Å². The molecule has 1 aromatic carbocycles. The van der Waals surface area contributed by atoms with Gasteiger partial charge in [-0.3, -0.25) is 9.59 Å². The van der Waals surface area contributed by atoms with Crippen LogP contribution < -0.4 is 15.5 Å². The quantitative estimate of drug-likeness (QED) is 0.774. The predicted octanol–water partition coefficient (Wildman–Crippen LogP) is 2.41. The van der Waals surface area contributed by atoms with Crippen molar-refractivity contribution >= 4 is 29.3 Å². The molecule has 0 unspecified atom stereocenters. The second-order valence-electron chi connectivity index (χ2n) is 8.33. The number of aromatic nitrogens is 2. The van der Waals surface area contributed by atoms with Gasteiger partial charge in [-0.2, -0.15) is 4.98 Å². The Morgan fingerprint density at radius 1 is 1.19 bits per heavy atom. The van der Waals surface area contributed by atoms with Gasteiger partial charge in [0.05, 0.1) is 11.7 Å². The van der Waals surface area contributed by atoms with Crippen molar-refractivity contribution in [3.8, 4) is 0 Å². The molecule has 0 spiro atoms. The lowest BCUT2D eigenvalue weighted by molar-refractivity contribution is -0.118. The maximum atomic E-state index is 13.4. The topological polar surface area (TPSA) is 90.5 Å². The number of carbonyl (C=O) groups excluding carboxylic acids is 2. The third-order valence-electron chi connectivity index (χ3n) is 5.58. The van der Waals surface area contributed by atoms with Crippen LogP contribution in [-0.2, 0) is 4.79 Å². The van der Waals surface area contributed by atoms with Crippen LogP contribution in [0.1, 0.15) is 29.9 Å². The number of halogens is 2. The number of amides is 2. The molecular formula is C21H24F2N6O2. The van der Waals surface area contributed by atoms with Crippen molar-refractivity contribution in [2.45, 2.75) is 32.9 Å². The number of hydrogen-bond donors (Lipinski definition) is 2. The zero-order valence-electron chi connectivity index (χ0n) is 17.7. The van der Waals surface area contributed by atoms with Crippen LogP contribution in [0, 0.1) is 24.5 Å². The lowest BCUT2D eigenvalue weighted by Gasteiger charge is -2.40. The van der Waals surface area contributed by atoms with Crippen molar-refractivity contribution in [3.05, 3.63) is 41.1 Å². The Morgan fingerprint density at radius 2 is 1.84 bits per heavy atom. The van der Waals surface area contributed by atoms with Gasteiger partial charge >= 0.3 is 0 Å². The lowest BCUT2D eigenvalue weighted by atomic mass is 9.99. The van der Waals surface area contributed by atoms with Gasteiger partial charge in [0.15, 0.2) is 5.82 Å². The Kier molecular flexibility index (Phi) is 5.24. The number of nitrogens with zero attached hydrogens (tertiary/aromatic N) is 4. The first-order valence-corrected chi connectivity index (χ1v) is 10.1. The predicted molar refractivity (Wildman–Crippen MR) is 112 cm³/mol. The van der Waals surface area contributed by atoms with E-state index >= 15 is 0 Å². The number of likely N-dealkylation sites (N-methyl/N-ethyl adjacent to an activating group) is 1. The Balaban J connectivity index is 1.45. The molecule has 164 valence electrons. The molecule has 2 N–H and O–H groups in total. The number of likely N-dealkylation sites (tertiary alicyclic amines) is 1. The van der Waals surface area contributed by atoms with Gasteiger partial charge in [-0.25, -0.2) is 13.8 Å². The molecule has 1 aromatic heterocycles. The van der Waals surface area contributed by atoms with Crippen LogP contribution >= 0.6 is 0 Å². The second-order valence-corrected chi connectivity index (χ2v) is 8.33. The van der Waals surface area contributed by atoms with E-state index in [4.69, 9.17) is 0 Å². The van der Waals surface area contributed by atoms with Crippen LogP contribution in [0.5, 0.6) is 0 Å². The van der Waals surface area contributed by atoms with Crippen molar-refractivity contribution in [3.63, 3.8) is 0 Å². The standard InChI is InChI=1S/C21H24F2N6O2/c1-10(2)17-19(30)26-16-11(3)24-21(27-18(16)28(17)4)25-15-8-29(9-15)20(31)12-5-13(22)7-14(23)6-12/h5-7,10,15,17H,8-9H2,1-4H3,(H,26,30)(H,24,25,27)/t17-/m0/s1. The summed E-state index contributed by atoms with van der Waals surface area (Å²) in [5, 5.41) is 6.10. The van der Waals surface area contributed by atoms with Gasteiger partial charge in [-0.15, -0.1) is 0 Å². The van der Waals surface area contributed by atoms with Crippen molar-refractivity contribution in [2.24, 2.45) is 5.92 Å². The first-order chi connectivity index (χ1) is 14.6. The number of rotatable bonds is 4. The average molecular weight is 430 g/mol. The van der Waals surface area contributed by atoms with Gasteiger partial charge in [0.2, 0.25) is 11.9 Å². The van der Waals surface area contributed by atoms with E-state index in [1.165, 1.54) is 4.90 Å². The van der Waals surface area contributed by atoms with Crippen molar-refractivity contribution in [1.82, 2.24) is 14.9 Å². The molecule has 2 amide bonds. The first-order valence-electron chi connectivity index (χ1n) is 10.1. The zero-order chi connectivity index (χ0) is 22.4. The number of carbonyl (C=O) groups is 2. The summed E-state index contributed by atoms with van der Waals surface area (Å²) in [7, 11) is 1.83. The molecule has 8 nitrogen and oxygen atoms in total. The number of hydrogen-bond acceptors (Lipinski definition) is 6. The molecule has 3 heterocycles. The van der Waals surface area contributed by atoms with Gasteiger partial charge in [0.1, 0.15) is 23.4 Å². The van der Waals surface area contributed by atoms with Gasteiger partial charge in [0.25, 0.3) is 5.91 Å². The minimum Gasteiger partial charge on any atom is -0.348 e. The smallest absolute Gasteiger partial charge is 0.254 e. The van der Waals surface area contributed by atoms with Crippen LogP contribution in [0.2, 0.25) is 0 Å². The first kappa shape index (κ1) is 21.0. The third-order valence-corrected chi connectivity index (χ3v) is 5.58. The van der Waals surface area contributed by atoms with Crippen LogP contribution in [0.25, 0.3) is 0 Å². The van der Waals surface area contributed by atoms with Crippen LogP contribution in [-0.4, -0.2) is 58.9 Å². The summed E-state index contributed by atoms with van der Waals surface area (Å²) in [6.07, 6.45) is 0. The van der Waals surface area contributed by atoms with Crippen LogP contribution in [0.4, 0.5) is 26.2 Å². The average Bonchev–Trinajstić information content (AvgIpc) is 2.64. The molecule has 31 heavy (non-hydrogen) atoms. The van der Waals surface area contributed by atoms with E-state index in [9.17, 15) is 18.4 Å². The highest BCUT2D eigenvalue weighted by molar-refractivity contribution is 6.03. The largest absolute Gasteiger partial charge is 0.348 e. The van der Waals surface area contributed by atoms with E-state index < -0.39 is 17.5 Å². The summed E-state index contributed by atoms with van der Waals surface area (Å²) >= 11 is 0. The third kappa shape index (κ3) is 3.89. The number of nitrogens with one attached hydrogen (secondary N) is 2. The highest BCUT2D eigenvalue weighted by atomic mass is 19.1. The van der Waals surface area contributed by atoms with E-state index in [1.807, 2.05) is 25.8 Å². The number of aryl methyl sites for hydroxylation is 1. The fourth-order valence-corrected chi connectivity index (χ4v) is 4.06. The number of fused-ring (bicyclic) bond motifs is 1. The zero-order valence-corrected chi connectivity index (χ0v) is 17.7. The van der Waals surface area contributed by atoms with Crippen LogP contribution in [0.15, 0.2) is 18.2 Å². The second kappa shape index (κ2) is 7.75. The molecule has 2 aromatic rings. The SMILES string of the molecule is Cc1nc(NC2CN(C(=O)c3cc(F)cc(F)c3)C2)nc2c1NC(=O)[C@H](C(C)C)N2C. The Labute approximate surface area is 178 Å². The molecular weight excluding hydrogens is 406 g/mol. The van der Waals surface area contributed by atoms with Gasteiger partial charge in [-0.1, -0.05) is 13.8 Å². The van der Waals surface area contributed by atoms with E-state index in [-0.39, 0.29) is 29.5 Å². The highest BCUT2D eigenvalue weighted by Crippen LogP contribution is 2.34. The lowest BCUT2D eigenvalue weighted by Crippen LogP contribution is -2.57. The minimum atomic E-state index is -0.785. The van der Waals surface area contributed by atoms with Crippen molar-refractivity contribution < 1.29 is 18.4 Å². The van der Waals surface area contributed by atoms with Crippen molar-refractivity contribution in [2.75, 3.05) is 35.7 Å². The summed E-state index contributed by atoms with van der Waals surface area (Å²) in [6, 6.07) is 2.35. The van der Waals surface area contributed by atoms with Gasteiger partial charge < -0.3 is 20.4 Å².